The normalized spacial score (nSPS) is 10.6. The lowest BCUT2D eigenvalue weighted by Crippen LogP contribution is -2.27. The minimum absolute atomic E-state index is 0.249. The van der Waals surface area contributed by atoms with Gasteiger partial charge in [0.25, 0.3) is 0 Å². The number of rotatable bonds is 6. The Balaban J connectivity index is 1.32. The minimum atomic E-state index is -0.249. The Hall–Kier alpha value is -3.45. The van der Waals surface area contributed by atoms with E-state index in [2.05, 4.69) is 38.3 Å². The first-order valence-electron chi connectivity index (χ1n) is 8.87. The van der Waals surface area contributed by atoms with Gasteiger partial charge < -0.3 is 10.6 Å². The average Bonchev–Trinajstić information content (AvgIpc) is 3.41. The first-order valence-corrected chi connectivity index (χ1v) is 9.75. The fourth-order valence-electron chi connectivity index (χ4n) is 2.75. The largest absolute Gasteiger partial charge is 0.334 e. The smallest absolute Gasteiger partial charge is 0.319 e. The summed E-state index contributed by atoms with van der Waals surface area (Å²) in [6.07, 6.45) is 4.19. The second-order valence-electron chi connectivity index (χ2n) is 6.28. The number of nitrogens with one attached hydrogen (secondary N) is 3. The molecule has 2 amide bonds. The number of hydrogen-bond acceptors (Lipinski definition) is 4. The van der Waals surface area contributed by atoms with Crippen LogP contribution in [0.25, 0.3) is 11.3 Å². The van der Waals surface area contributed by atoms with E-state index in [4.69, 9.17) is 4.98 Å². The molecule has 4 rings (SSSR count). The monoisotopic (exact) mass is 389 g/mol. The van der Waals surface area contributed by atoms with Crippen LogP contribution in [-0.2, 0) is 13.0 Å². The van der Waals surface area contributed by atoms with E-state index >= 15 is 0 Å². The van der Waals surface area contributed by atoms with Crippen LogP contribution < -0.4 is 10.6 Å². The number of hydrogen-bond donors (Lipinski definition) is 3. The van der Waals surface area contributed by atoms with Crippen LogP contribution >= 0.6 is 11.3 Å². The molecule has 0 saturated heterocycles. The van der Waals surface area contributed by atoms with Crippen LogP contribution in [-0.4, -0.2) is 21.2 Å². The van der Waals surface area contributed by atoms with Gasteiger partial charge in [-0.15, -0.1) is 11.3 Å². The molecule has 7 heteroatoms. The highest BCUT2D eigenvalue weighted by Gasteiger charge is 2.06. The van der Waals surface area contributed by atoms with Crippen LogP contribution in [0.3, 0.4) is 0 Å². The van der Waals surface area contributed by atoms with Gasteiger partial charge in [-0.25, -0.2) is 9.78 Å². The van der Waals surface area contributed by atoms with Crippen molar-refractivity contribution in [1.82, 2.24) is 20.5 Å². The van der Waals surface area contributed by atoms with E-state index in [-0.39, 0.29) is 6.03 Å². The lowest BCUT2D eigenvalue weighted by atomic mass is 10.1. The fourth-order valence-corrected chi connectivity index (χ4v) is 3.58. The van der Waals surface area contributed by atoms with Crippen molar-refractivity contribution in [3.05, 3.63) is 88.5 Å². The van der Waals surface area contributed by atoms with Gasteiger partial charge in [-0.3, -0.25) is 5.10 Å². The van der Waals surface area contributed by atoms with Crippen molar-refractivity contribution in [2.45, 2.75) is 13.0 Å². The Morgan fingerprint density at radius 1 is 1.04 bits per heavy atom. The van der Waals surface area contributed by atoms with Crippen molar-refractivity contribution < 1.29 is 4.79 Å². The van der Waals surface area contributed by atoms with E-state index in [1.54, 1.807) is 23.7 Å². The predicted molar refractivity (Wildman–Crippen MR) is 111 cm³/mol. The minimum Gasteiger partial charge on any atom is -0.334 e. The molecule has 2 heterocycles. The third kappa shape index (κ3) is 4.63. The number of urea groups is 1. The van der Waals surface area contributed by atoms with Crippen LogP contribution in [0.2, 0.25) is 0 Å². The number of carbonyl (C=O) groups excluding carboxylic acids is 1. The van der Waals surface area contributed by atoms with E-state index in [1.165, 1.54) is 0 Å². The molecule has 140 valence electrons. The number of benzene rings is 2. The van der Waals surface area contributed by atoms with Crippen LogP contribution in [0, 0.1) is 0 Å². The second kappa shape index (κ2) is 8.49. The number of nitrogens with zero attached hydrogens (tertiary/aromatic N) is 2. The van der Waals surface area contributed by atoms with E-state index in [9.17, 15) is 4.79 Å². The third-order valence-corrected chi connectivity index (χ3v) is 5.05. The molecule has 0 radical (unpaired) electrons. The SMILES string of the molecule is O=C(NCc1cn[nH]c1)Nc1ccc(Cc2nc(-c3ccccc3)cs2)cc1. The first-order chi connectivity index (χ1) is 13.8. The first kappa shape index (κ1) is 17.9. The molecule has 2 aromatic heterocycles. The van der Waals surface area contributed by atoms with Crippen molar-refractivity contribution in [3.63, 3.8) is 0 Å². The number of amides is 2. The number of aromatic amines is 1. The van der Waals surface area contributed by atoms with Crippen molar-refractivity contribution in [1.29, 1.82) is 0 Å². The number of H-pyrrole nitrogens is 1. The maximum atomic E-state index is 12.0. The summed E-state index contributed by atoms with van der Waals surface area (Å²) in [4.78, 5) is 16.7. The topological polar surface area (TPSA) is 82.7 Å². The lowest BCUT2D eigenvalue weighted by molar-refractivity contribution is 0.251. The number of thiazole rings is 1. The van der Waals surface area contributed by atoms with Gasteiger partial charge in [-0.1, -0.05) is 42.5 Å². The maximum Gasteiger partial charge on any atom is 0.319 e. The second-order valence-corrected chi connectivity index (χ2v) is 7.22. The molecule has 6 nitrogen and oxygen atoms in total. The molecule has 0 atom stereocenters. The summed E-state index contributed by atoms with van der Waals surface area (Å²) in [6, 6.07) is 17.7. The van der Waals surface area contributed by atoms with E-state index < -0.39 is 0 Å². The van der Waals surface area contributed by atoms with Crippen LogP contribution in [0.1, 0.15) is 16.1 Å². The van der Waals surface area contributed by atoms with Gasteiger partial charge in [0, 0.05) is 41.4 Å². The van der Waals surface area contributed by atoms with Crippen molar-refractivity contribution >= 4 is 23.1 Å². The van der Waals surface area contributed by atoms with Gasteiger partial charge >= 0.3 is 6.03 Å². The molecule has 0 spiro atoms. The zero-order valence-corrected chi connectivity index (χ0v) is 15.9. The molecule has 4 aromatic rings. The van der Waals surface area contributed by atoms with E-state index in [0.717, 1.165) is 39.5 Å². The quantitative estimate of drug-likeness (QED) is 0.456. The molecular formula is C21H19N5OS. The third-order valence-electron chi connectivity index (χ3n) is 4.20. The summed E-state index contributed by atoms with van der Waals surface area (Å²) >= 11 is 1.66. The van der Waals surface area contributed by atoms with Gasteiger partial charge in [0.1, 0.15) is 0 Å². The molecule has 0 aliphatic rings. The number of aromatic nitrogens is 3. The lowest BCUT2D eigenvalue weighted by Gasteiger charge is -2.07. The van der Waals surface area contributed by atoms with Gasteiger partial charge in [0.15, 0.2) is 0 Å². The van der Waals surface area contributed by atoms with E-state index in [1.807, 2.05) is 42.5 Å². The van der Waals surface area contributed by atoms with E-state index in [0.29, 0.717) is 6.54 Å². The highest BCUT2D eigenvalue weighted by Crippen LogP contribution is 2.23. The number of anilines is 1. The van der Waals surface area contributed by atoms with Crippen molar-refractivity contribution in [3.8, 4) is 11.3 Å². The molecule has 0 bridgehead atoms. The van der Waals surface area contributed by atoms with Gasteiger partial charge in [0.2, 0.25) is 0 Å². The highest BCUT2D eigenvalue weighted by molar-refractivity contribution is 7.10. The zero-order chi connectivity index (χ0) is 19.2. The average molecular weight is 389 g/mol. The Kier molecular flexibility index (Phi) is 5.44. The summed E-state index contributed by atoms with van der Waals surface area (Å²) < 4.78 is 0. The molecule has 0 saturated carbocycles. The highest BCUT2D eigenvalue weighted by atomic mass is 32.1. The Bertz CT molecular complexity index is 1030. The van der Waals surface area contributed by atoms with Crippen LogP contribution in [0.15, 0.2) is 72.4 Å². The molecule has 0 aliphatic heterocycles. The molecule has 28 heavy (non-hydrogen) atoms. The summed E-state index contributed by atoms with van der Waals surface area (Å²) in [5.74, 6) is 0. The molecular weight excluding hydrogens is 370 g/mol. The fraction of sp³-hybridized carbons (Fsp3) is 0.0952. The molecule has 0 unspecified atom stereocenters. The maximum absolute atomic E-state index is 12.0. The molecule has 0 aliphatic carbocycles. The van der Waals surface area contributed by atoms with Crippen LogP contribution in [0.5, 0.6) is 0 Å². The standard InChI is InChI=1S/C21H19N5OS/c27-21(22-11-16-12-23-24-13-16)25-18-8-6-15(7-9-18)10-20-26-19(14-28-20)17-4-2-1-3-5-17/h1-9,12-14H,10-11H2,(H,23,24)(H2,22,25,27). The zero-order valence-electron chi connectivity index (χ0n) is 15.1. The van der Waals surface area contributed by atoms with Crippen LogP contribution in [0.4, 0.5) is 10.5 Å². The number of carbonyl (C=O) groups is 1. The molecule has 3 N–H and O–H groups in total. The Morgan fingerprint density at radius 3 is 2.61 bits per heavy atom. The summed E-state index contributed by atoms with van der Waals surface area (Å²) in [7, 11) is 0. The Morgan fingerprint density at radius 2 is 1.86 bits per heavy atom. The molecule has 2 aromatic carbocycles. The van der Waals surface area contributed by atoms with Gasteiger partial charge in [-0.2, -0.15) is 5.10 Å². The summed E-state index contributed by atoms with van der Waals surface area (Å²) in [5, 5.41) is 15.3. The molecule has 0 fully saturated rings. The van der Waals surface area contributed by atoms with Gasteiger partial charge in [-0.05, 0) is 17.7 Å². The summed E-state index contributed by atoms with van der Waals surface area (Å²) in [5.41, 5.74) is 4.96. The van der Waals surface area contributed by atoms with Crippen molar-refractivity contribution in [2.75, 3.05) is 5.32 Å². The summed E-state index contributed by atoms with van der Waals surface area (Å²) in [6.45, 7) is 0.425. The van der Waals surface area contributed by atoms with Crippen molar-refractivity contribution in [2.24, 2.45) is 0 Å². The van der Waals surface area contributed by atoms with Gasteiger partial charge in [0.05, 0.1) is 16.9 Å². The Labute approximate surface area is 166 Å². The predicted octanol–water partition coefficient (Wildman–Crippen LogP) is 4.45.